The molecule has 2 nitrogen and oxygen atoms in total. The van der Waals surface area contributed by atoms with Gasteiger partial charge in [0.1, 0.15) is 11.4 Å². The number of benzene rings is 1. The van der Waals surface area contributed by atoms with Crippen molar-refractivity contribution in [2.45, 2.75) is 12.6 Å². The van der Waals surface area contributed by atoms with Gasteiger partial charge in [0.05, 0.1) is 0 Å². The van der Waals surface area contributed by atoms with Crippen LogP contribution in [0.15, 0.2) is 24.3 Å². The quantitative estimate of drug-likeness (QED) is 0.748. The van der Waals surface area contributed by atoms with Gasteiger partial charge in [0.15, 0.2) is 0 Å². The zero-order chi connectivity index (χ0) is 9.90. The van der Waals surface area contributed by atoms with Crippen molar-refractivity contribution in [3.8, 4) is 5.75 Å². The van der Waals surface area contributed by atoms with E-state index in [1.807, 2.05) is 0 Å². The molecule has 0 heterocycles. The van der Waals surface area contributed by atoms with Crippen LogP contribution in [0.1, 0.15) is 12.5 Å². The van der Waals surface area contributed by atoms with Gasteiger partial charge in [0.25, 0.3) is 0 Å². The van der Waals surface area contributed by atoms with Gasteiger partial charge in [-0.1, -0.05) is 18.2 Å². The fraction of sp³-hybridized carbons (Fsp3) is 0.400. The summed E-state index contributed by atoms with van der Waals surface area (Å²) in [6, 6.07) is 6.46. The molecule has 1 aromatic rings. The molecule has 0 fully saturated rings. The van der Waals surface area contributed by atoms with E-state index in [2.05, 4.69) is 5.32 Å². The first-order chi connectivity index (χ1) is 6.08. The molecule has 72 valence electrons. The summed E-state index contributed by atoms with van der Waals surface area (Å²) in [4.78, 5) is 0. The number of nitrogens with one attached hydrogen (secondary N) is 1. The molecular weight excluding hydrogens is 169 g/mol. The Kier molecular flexibility index (Phi) is 2.88. The van der Waals surface area contributed by atoms with Crippen LogP contribution in [0.2, 0.25) is 0 Å². The fourth-order valence-corrected chi connectivity index (χ4v) is 1.34. The number of alkyl halides is 1. The molecule has 0 saturated carbocycles. The predicted molar refractivity (Wildman–Crippen MR) is 50.5 cm³/mol. The van der Waals surface area contributed by atoms with E-state index in [-0.39, 0.29) is 12.3 Å². The molecule has 0 aliphatic rings. The van der Waals surface area contributed by atoms with Crippen LogP contribution >= 0.6 is 0 Å². The lowest BCUT2D eigenvalue weighted by molar-refractivity contribution is 0.185. The minimum atomic E-state index is -1.53. The maximum atomic E-state index is 13.9. The Morgan fingerprint density at radius 2 is 2.08 bits per heavy atom. The zero-order valence-electron chi connectivity index (χ0n) is 7.84. The van der Waals surface area contributed by atoms with E-state index in [0.29, 0.717) is 5.56 Å². The summed E-state index contributed by atoms with van der Waals surface area (Å²) in [7, 11) is 1.68. The van der Waals surface area contributed by atoms with E-state index in [4.69, 9.17) is 0 Å². The van der Waals surface area contributed by atoms with Gasteiger partial charge in [-0.05, 0) is 20.0 Å². The summed E-state index contributed by atoms with van der Waals surface area (Å²) in [6.45, 7) is 1.63. The molecule has 0 saturated heterocycles. The molecule has 0 spiro atoms. The molecule has 0 aliphatic heterocycles. The molecule has 1 atom stereocenters. The summed E-state index contributed by atoms with van der Waals surface area (Å²) >= 11 is 0. The number of phenolic OH excluding ortho intramolecular Hbond substituents is 1. The number of rotatable bonds is 3. The van der Waals surface area contributed by atoms with Crippen LogP contribution in [0.5, 0.6) is 5.75 Å². The monoisotopic (exact) mass is 183 g/mol. The second-order valence-electron chi connectivity index (χ2n) is 3.24. The van der Waals surface area contributed by atoms with Gasteiger partial charge in [0, 0.05) is 12.1 Å². The lowest BCUT2D eigenvalue weighted by Crippen LogP contribution is -2.29. The Morgan fingerprint density at radius 1 is 1.46 bits per heavy atom. The average molecular weight is 183 g/mol. The summed E-state index contributed by atoms with van der Waals surface area (Å²) in [6.07, 6.45) is 0. The zero-order valence-corrected chi connectivity index (χ0v) is 7.84. The smallest absolute Gasteiger partial charge is 0.149 e. The Hall–Kier alpha value is -1.09. The van der Waals surface area contributed by atoms with E-state index in [0.717, 1.165) is 0 Å². The summed E-state index contributed by atoms with van der Waals surface area (Å²) in [5.41, 5.74) is -1.20. The summed E-state index contributed by atoms with van der Waals surface area (Å²) < 4.78 is 13.9. The molecule has 1 rings (SSSR count). The molecular formula is C10H14FNO. The van der Waals surface area contributed by atoms with E-state index >= 15 is 0 Å². The first-order valence-electron chi connectivity index (χ1n) is 4.20. The predicted octanol–water partition coefficient (Wildman–Crippen LogP) is 1.80. The van der Waals surface area contributed by atoms with Crippen molar-refractivity contribution in [1.82, 2.24) is 5.32 Å². The Balaban J connectivity index is 2.99. The number of likely N-dealkylation sites (N-methyl/N-ethyl adjacent to an activating group) is 1. The molecule has 13 heavy (non-hydrogen) atoms. The molecule has 1 unspecified atom stereocenters. The molecule has 0 aromatic heterocycles. The van der Waals surface area contributed by atoms with Gasteiger partial charge in [-0.25, -0.2) is 4.39 Å². The van der Waals surface area contributed by atoms with Crippen LogP contribution in [0.4, 0.5) is 4.39 Å². The third-order valence-electron chi connectivity index (χ3n) is 1.97. The van der Waals surface area contributed by atoms with Crippen LogP contribution in [0.25, 0.3) is 0 Å². The van der Waals surface area contributed by atoms with Crippen LogP contribution < -0.4 is 5.32 Å². The highest BCUT2D eigenvalue weighted by Crippen LogP contribution is 2.31. The topological polar surface area (TPSA) is 32.3 Å². The second kappa shape index (κ2) is 3.75. The summed E-state index contributed by atoms with van der Waals surface area (Å²) in [5, 5.41) is 12.2. The first kappa shape index (κ1) is 9.99. The second-order valence-corrected chi connectivity index (χ2v) is 3.24. The SMILES string of the molecule is CNCC(C)(F)c1ccccc1O. The number of phenols is 1. The molecule has 0 aliphatic carbocycles. The van der Waals surface area contributed by atoms with Crippen LogP contribution in [-0.4, -0.2) is 18.7 Å². The van der Waals surface area contributed by atoms with Gasteiger partial charge < -0.3 is 10.4 Å². The van der Waals surface area contributed by atoms with Crippen molar-refractivity contribution < 1.29 is 9.50 Å². The van der Waals surface area contributed by atoms with E-state index < -0.39 is 5.67 Å². The minimum Gasteiger partial charge on any atom is -0.508 e. The van der Waals surface area contributed by atoms with E-state index in [1.54, 1.807) is 25.2 Å². The fourth-order valence-electron chi connectivity index (χ4n) is 1.34. The van der Waals surface area contributed by atoms with Crippen molar-refractivity contribution in [2.75, 3.05) is 13.6 Å². The lowest BCUT2D eigenvalue weighted by atomic mass is 9.97. The minimum absolute atomic E-state index is 0.00255. The number of para-hydroxylation sites is 1. The van der Waals surface area contributed by atoms with Gasteiger partial charge in [-0.15, -0.1) is 0 Å². The number of hydrogen-bond donors (Lipinski definition) is 2. The van der Waals surface area contributed by atoms with E-state index in [1.165, 1.54) is 13.0 Å². The number of halogens is 1. The maximum Gasteiger partial charge on any atom is 0.149 e. The van der Waals surface area contributed by atoms with Gasteiger partial charge in [-0.3, -0.25) is 0 Å². The highest BCUT2D eigenvalue weighted by Gasteiger charge is 2.27. The van der Waals surface area contributed by atoms with E-state index in [9.17, 15) is 9.50 Å². The van der Waals surface area contributed by atoms with Gasteiger partial charge >= 0.3 is 0 Å². The normalized spacial score (nSPS) is 15.3. The van der Waals surface area contributed by atoms with Crippen LogP contribution in [-0.2, 0) is 5.67 Å². The largest absolute Gasteiger partial charge is 0.508 e. The van der Waals surface area contributed by atoms with Gasteiger partial charge in [0.2, 0.25) is 0 Å². The molecule has 0 bridgehead atoms. The Morgan fingerprint density at radius 3 is 2.62 bits per heavy atom. The highest BCUT2D eigenvalue weighted by atomic mass is 19.1. The molecule has 2 N–H and O–H groups in total. The molecule has 1 aromatic carbocycles. The van der Waals surface area contributed by atoms with Crippen LogP contribution in [0.3, 0.4) is 0 Å². The summed E-state index contributed by atoms with van der Waals surface area (Å²) in [5.74, 6) is 0.00255. The Bertz CT molecular complexity index is 286. The molecule has 0 radical (unpaired) electrons. The lowest BCUT2D eigenvalue weighted by Gasteiger charge is -2.21. The first-order valence-corrected chi connectivity index (χ1v) is 4.20. The molecule has 3 heteroatoms. The number of hydrogen-bond acceptors (Lipinski definition) is 2. The van der Waals surface area contributed by atoms with Crippen molar-refractivity contribution in [2.24, 2.45) is 0 Å². The van der Waals surface area contributed by atoms with Crippen molar-refractivity contribution in [1.29, 1.82) is 0 Å². The van der Waals surface area contributed by atoms with Crippen molar-refractivity contribution in [3.63, 3.8) is 0 Å². The average Bonchev–Trinajstić information content (AvgIpc) is 2.04. The van der Waals surface area contributed by atoms with Crippen molar-refractivity contribution >= 4 is 0 Å². The third-order valence-corrected chi connectivity index (χ3v) is 1.97. The molecule has 0 amide bonds. The number of aromatic hydroxyl groups is 1. The van der Waals surface area contributed by atoms with Gasteiger partial charge in [-0.2, -0.15) is 0 Å². The Labute approximate surface area is 77.4 Å². The van der Waals surface area contributed by atoms with Crippen molar-refractivity contribution in [3.05, 3.63) is 29.8 Å². The standard InChI is InChI=1S/C10H14FNO/c1-10(11,7-12-2)8-5-3-4-6-9(8)13/h3-6,12-13H,7H2,1-2H3. The third kappa shape index (κ3) is 2.18. The van der Waals surface area contributed by atoms with Crippen LogP contribution in [0, 0.1) is 0 Å². The highest BCUT2D eigenvalue weighted by molar-refractivity contribution is 5.36. The maximum absolute atomic E-state index is 13.9.